The van der Waals surface area contributed by atoms with Gasteiger partial charge in [0.05, 0.1) is 0 Å². The van der Waals surface area contributed by atoms with E-state index >= 15 is 0 Å². The molecule has 108 valence electrons. The first kappa shape index (κ1) is 17.7. The molecule has 19 heavy (non-hydrogen) atoms. The maximum atomic E-state index is 11.9. The fourth-order valence-electron chi connectivity index (χ4n) is 2.16. The Morgan fingerprint density at radius 3 is 2.26 bits per heavy atom. The molecule has 0 aromatic heterocycles. The van der Waals surface area contributed by atoms with Crippen LogP contribution in [0.2, 0.25) is 0 Å². The van der Waals surface area contributed by atoms with Gasteiger partial charge in [0.2, 0.25) is 5.91 Å². The Bertz CT molecular complexity index is 371. The van der Waals surface area contributed by atoms with Crippen molar-refractivity contribution in [2.24, 2.45) is 11.8 Å². The minimum Gasteiger partial charge on any atom is -0.326 e. The number of rotatable bonds is 1. The first-order valence-electron chi connectivity index (χ1n) is 7.57. The number of fused-ring (bicyclic) bond motifs is 1. The number of amides is 1. The minimum atomic E-state index is 0.150. The maximum absolute atomic E-state index is 11.9. The lowest BCUT2D eigenvalue weighted by molar-refractivity contribution is -0.121. The third-order valence-electron chi connectivity index (χ3n) is 3.14. The van der Waals surface area contributed by atoms with Crippen molar-refractivity contribution in [2.45, 2.75) is 54.4 Å². The summed E-state index contributed by atoms with van der Waals surface area (Å²) in [7, 11) is 0. The van der Waals surface area contributed by atoms with Gasteiger partial charge in [0, 0.05) is 11.6 Å². The molecule has 1 aliphatic heterocycles. The molecule has 2 heteroatoms. The number of aryl methyl sites for hydroxylation is 1. The third-order valence-corrected chi connectivity index (χ3v) is 3.14. The van der Waals surface area contributed by atoms with E-state index in [9.17, 15) is 4.79 Å². The monoisotopic (exact) mass is 263 g/mol. The summed E-state index contributed by atoms with van der Waals surface area (Å²) in [6.45, 7) is 12.2. The molecule has 1 aliphatic rings. The normalized spacial score (nSPS) is 17.0. The fourth-order valence-corrected chi connectivity index (χ4v) is 2.16. The first-order valence-corrected chi connectivity index (χ1v) is 7.57. The number of hydrogen-bond acceptors (Lipinski definition) is 1. The Labute approximate surface area is 118 Å². The quantitative estimate of drug-likeness (QED) is 0.767. The van der Waals surface area contributed by atoms with E-state index in [4.69, 9.17) is 0 Å². The molecule has 0 spiro atoms. The van der Waals surface area contributed by atoms with Crippen LogP contribution < -0.4 is 5.32 Å². The summed E-state index contributed by atoms with van der Waals surface area (Å²) in [4.78, 5) is 11.9. The van der Waals surface area contributed by atoms with Crippen molar-refractivity contribution in [3.8, 4) is 0 Å². The predicted molar refractivity (Wildman–Crippen MR) is 84.4 cm³/mol. The number of para-hydroxylation sites is 1. The van der Waals surface area contributed by atoms with E-state index in [0.717, 1.165) is 18.5 Å². The maximum Gasteiger partial charge on any atom is 0.227 e. The zero-order valence-corrected chi connectivity index (χ0v) is 13.3. The number of benzene rings is 1. The molecule has 0 bridgehead atoms. The van der Waals surface area contributed by atoms with E-state index in [1.54, 1.807) is 0 Å². The third kappa shape index (κ3) is 5.06. The Morgan fingerprint density at radius 2 is 1.68 bits per heavy atom. The fraction of sp³-hybridized carbons (Fsp3) is 0.588. The number of anilines is 1. The number of carbonyl (C=O) groups excluding carboxylic acids is 1. The number of nitrogens with one attached hydrogen (secondary N) is 1. The van der Waals surface area contributed by atoms with Gasteiger partial charge in [-0.2, -0.15) is 0 Å². The average molecular weight is 263 g/mol. The van der Waals surface area contributed by atoms with Crippen LogP contribution in [0.15, 0.2) is 24.3 Å². The second-order valence-electron chi connectivity index (χ2n) is 4.54. The molecule has 2 nitrogen and oxygen atoms in total. The summed E-state index contributed by atoms with van der Waals surface area (Å²) in [5.74, 6) is 0.742. The first-order chi connectivity index (χ1) is 9.18. The van der Waals surface area contributed by atoms with Crippen molar-refractivity contribution >= 4 is 11.6 Å². The van der Waals surface area contributed by atoms with Crippen molar-refractivity contribution in [3.63, 3.8) is 0 Å². The van der Waals surface area contributed by atoms with Crippen molar-refractivity contribution in [1.82, 2.24) is 0 Å². The molecule has 0 saturated heterocycles. The number of hydrogen-bond donors (Lipinski definition) is 1. The lowest BCUT2D eigenvalue weighted by Gasteiger charge is -2.16. The molecule has 0 fully saturated rings. The minimum absolute atomic E-state index is 0.150. The van der Waals surface area contributed by atoms with Gasteiger partial charge in [-0.05, 0) is 30.4 Å². The van der Waals surface area contributed by atoms with Crippen LogP contribution in [0.1, 0.15) is 53.5 Å². The van der Waals surface area contributed by atoms with Crippen LogP contribution in [0.5, 0.6) is 0 Å². The highest BCUT2D eigenvalue weighted by molar-refractivity contribution is 5.94. The van der Waals surface area contributed by atoms with Crippen LogP contribution in [-0.2, 0) is 11.2 Å². The van der Waals surface area contributed by atoms with Crippen LogP contribution in [0.4, 0.5) is 5.69 Å². The Kier molecular flexibility index (Phi) is 8.94. The molecule has 1 amide bonds. The van der Waals surface area contributed by atoms with E-state index in [0.29, 0.717) is 5.92 Å². The summed E-state index contributed by atoms with van der Waals surface area (Å²) >= 11 is 0. The molecule has 0 radical (unpaired) electrons. The Hall–Kier alpha value is -1.31. The van der Waals surface area contributed by atoms with E-state index in [-0.39, 0.29) is 11.8 Å². The van der Waals surface area contributed by atoms with E-state index in [1.165, 1.54) is 5.56 Å². The van der Waals surface area contributed by atoms with Crippen molar-refractivity contribution in [3.05, 3.63) is 29.8 Å². The van der Waals surface area contributed by atoms with Crippen LogP contribution >= 0.6 is 0 Å². The van der Waals surface area contributed by atoms with E-state index < -0.39 is 0 Å². The SMILES string of the molecule is CC.CC.CC(C)C1CCc2ccccc2NC1=O. The standard InChI is InChI=1S/C13H17NO.2C2H6/c1-9(2)11-8-7-10-5-3-4-6-12(10)14-13(11)15;2*1-2/h3-6,9,11H,7-8H2,1-2H3,(H,14,15);2*1-2H3. The largest absolute Gasteiger partial charge is 0.326 e. The molecule has 1 heterocycles. The van der Waals surface area contributed by atoms with Gasteiger partial charge in [0.25, 0.3) is 0 Å². The van der Waals surface area contributed by atoms with Gasteiger partial charge < -0.3 is 5.32 Å². The van der Waals surface area contributed by atoms with Gasteiger partial charge >= 0.3 is 0 Å². The summed E-state index contributed by atoms with van der Waals surface area (Å²) in [6.07, 6.45) is 1.96. The lowest BCUT2D eigenvalue weighted by atomic mass is 9.90. The van der Waals surface area contributed by atoms with Crippen molar-refractivity contribution < 1.29 is 4.79 Å². The van der Waals surface area contributed by atoms with Gasteiger partial charge in [0.1, 0.15) is 0 Å². The summed E-state index contributed by atoms with van der Waals surface area (Å²) < 4.78 is 0. The second-order valence-corrected chi connectivity index (χ2v) is 4.54. The summed E-state index contributed by atoms with van der Waals surface area (Å²) in [5.41, 5.74) is 2.25. The average Bonchev–Trinajstić information content (AvgIpc) is 2.61. The smallest absolute Gasteiger partial charge is 0.227 e. The molecule has 1 N–H and O–H groups in total. The highest BCUT2D eigenvalue weighted by Gasteiger charge is 2.25. The number of carbonyl (C=O) groups is 1. The van der Waals surface area contributed by atoms with E-state index in [2.05, 4.69) is 25.2 Å². The van der Waals surface area contributed by atoms with Crippen molar-refractivity contribution in [1.29, 1.82) is 0 Å². The van der Waals surface area contributed by atoms with Gasteiger partial charge in [0.15, 0.2) is 0 Å². The van der Waals surface area contributed by atoms with Crippen molar-refractivity contribution in [2.75, 3.05) is 5.32 Å². The molecule has 2 rings (SSSR count). The van der Waals surface area contributed by atoms with Crippen LogP contribution in [-0.4, -0.2) is 5.91 Å². The van der Waals surface area contributed by atoms with Crippen LogP contribution in [0, 0.1) is 11.8 Å². The molecular formula is C17H29NO. The Morgan fingerprint density at radius 1 is 1.11 bits per heavy atom. The molecule has 1 unspecified atom stereocenters. The molecule has 0 saturated carbocycles. The summed E-state index contributed by atoms with van der Waals surface area (Å²) in [6, 6.07) is 8.07. The van der Waals surface area contributed by atoms with Crippen LogP contribution in [0.25, 0.3) is 0 Å². The topological polar surface area (TPSA) is 29.1 Å². The highest BCUT2D eigenvalue weighted by Crippen LogP contribution is 2.27. The zero-order valence-electron chi connectivity index (χ0n) is 13.3. The predicted octanol–water partition coefficient (Wildman–Crippen LogP) is 4.90. The second kappa shape index (κ2) is 9.60. The molecular weight excluding hydrogens is 234 g/mol. The molecule has 0 aliphatic carbocycles. The van der Waals surface area contributed by atoms with Gasteiger partial charge in [-0.3, -0.25) is 4.79 Å². The zero-order chi connectivity index (χ0) is 14.8. The lowest BCUT2D eigenvalue weighted by Crippen LogP contribution is -2.25. The highest BCUT2D eigenvalue weighted by atomic mass is 16.1. The van der Waals surface area contributed by atoms with Crippen LogP contribution in [0.3, 0.4) is 0 Å². The van der Waals surface area contributed by atoms with Gasteiger partial charge in [-0.1, -0.05) is 59.7 Å². The van der Waals surface area contributed by atoms with E-state index in [1.807, 2.05) is 45.9 Å². The molecule has 1 aromatic rings. The molecule has 1 aromatic carbocycles. The van der Waals surface area contributed by atoms with Gasteiger partial charge in [-0.15, -0.1) is 0 Å². The molecule has 1 atom stereocenters. The Balaban J connectivity index is 0.000000741. The van der Waals surface area contributed by atoms with Gasteiger partial charge in [-0.25, -0.2) is 0 Å². The summed E-state index contributed by atoms with van der Waals surface area (Å²) in [5, 5.41) is 3.01.